The Balaban J connectivity index is 2.10. The van der Waals surface area contributed by atoms with Crippen molar-refractivity contribution in [1.29, 1.82) is 0 Å². The van der Waals surface area contributed by atoms with Crippen molar-refractivity contribution in [3.63, 3.8) is 0 Å². The smallest absolute Gasteiger partial charge is 0.429 e. The summed E-state index contributed by atoms with van der Waals surface area (Å²) in [7, 11) is 0. The lowest BCUT2D eigenvalue weighted by Crippen LogP contribution is -2.48. The monoisotopic (exact) mass is 300 g/mol. The van der Waals surface area contributed by atoms with Gasteiger partial charge in [0.15, 0.2) is 0 Å². The fourth-order valence-electron chi connectivity index (χ4n) is 2.01. The zero-order valence-corrected chi connectivity index (χ0v) is 13.6. The van der Waals surface area contributed by atoms with Crippen LogP contribution in [0.15, 0.2) is 0 Å². The van der Waals surface area contributed by atoms with Gasteiger partial charge in [-0.25, -0.2) is 19.6 Å². The first kappa shape index (κ1) is 15.9. The lowest BCUT2D eigenvalue weighted by atomic mass is 10.2. The normalized spacial score (nSPS) is 20.7. The maximum absolute atomic E-state index is 12.3. The molecule has 7 nitrogen and oxygen atoms in total. The molecule has 0 N–H and O–H groups in total. The number of amides is 2. The Kier molecular flexibility index (Phi) is 3.60. The first-order valence-corrected chi connectivity index (χ1v) is 7.06. The van der Waals surface area contributed by atoms with Crippen LogP contribution in [0.5, 0.6) is 0 Å². The number of hydrazine groups is 1. The van der Waals surface area contributed by atoms with Crippen molar-refractivity contribution in [2.45, 2.75) is 58.3 Å². The minimum Gasteiger partial charge on any atom is -0.442 e. The summed E-state index contributed by atoms with van der Waals surface area (Å²) in [6, 6.07) is 0. The average molecular weight is 300 g/mol. The summed E-state index contributed by atoms with van der Waals surface area (Å²) in [5, 5.41) is 2.54. The van der Waals surface area contributed by atoms with Crippen LogP contribution in [-0.2, 0) is 14.2 Å². The predicted molar refractivity (Wildman–Crippen MR) is 74.6 cm³/mol. The Morgan fingerprint density at radius 2 is 1.24 bits per heavy atom. The molecule has 2 saturated heterocycles. The van der Waals surface area contributed by atoms with Crippen molar-refractivity contribution in [2.24, 2.45) is 0 Å². The molecule has 2 aliphatic rings. The van der Waals surface area contributed by atoms with Gasteiger partial charge in [0.2, 0.25) is 0 Å². The molecule has 0 unspecified atom stereocenters. The summed E-state index contributed by atoms with van der Waals surface area (Å²) in [6.07, 6.45) is -1.14. The van der Waals surface area contributed by atoms with E-state index in [4.69, 9.17) is 14.2 Å². The van der Waals surface area contributed by atoms with E-state index in [1.165, 1.54) is 10.0 Å². The van der Waals surface area contributed by atoms with Crippen LogP contribution in [0.1, 0.15) is 41.5 Å². The van der Waals surface area contributed by atoms with Gasteiger partial charge in [-0.3, -0.25) is 0 Å². The Morgan fingerprint density at radius 1 is 0.905 bits per heavy atom. The number of hydrogen-bond donors (Lipinski definition) is 0. The van der Waals surface area contributed by atoms with Crippen molar-refractivity contribution < 1.29 is 23.8 Å². The molecule has 120 valence electrons. The minimum atomic E-state index is -0.628. The van der Waals surface area contributed by atoms with E-state index in [-0.39, 0.29) is 0 Å². The lowest BCUT2D eigenvalue weighted by molar-refractivity contribution is -0.0428. The standard InChI is InChI=1S/C14H24N2O5/c1-12(2,3)20-10(17)15-7-14(9-19-14)8-16(15)11(18)21-13(4,5)6/h7-9H2,1-6H3. The van der Waals surface area contributed by atoms with Gasteiger partial charge in [0.05, 0.1) is 19.7 Å². The number of carbonyl (C=O) groups excluding carboxylic acids is 2. The van der Waals surface area contributed by atoms with Crippen LogP contribution in [0, 0.1) is 0 Å². The number of ether oxygens (including phenoxy) is 3. The van der Waals surface area contributed by atoms with Crippen LogP contribution < -0.4 is 0 Å². The van der Waals surface area contributed by atoms with Crippen molar-refractivity contribution in [3.05, 3.63) is 0 Å². The first-order chi connectivity index (χ1) is 9.41. The molecule has 2 amide bonds. The van der Waals surface area contributed by atoms with Crippen LogP contribution in [0.25, 0.3) is 0 Å². The summed E-state index contributed by atoms with van der Waals surface area (Å²) in [6.45, 7) is 11.8. The molecule has 0 aromatic heterocycles. The molecule has 0 aromatic rings. The molecule has 2 rings (SSSR count). The Bertz CT molecular complexity index is 407. The fourth-order valence-corrected chi connectivity index (χ4v) is 2.01. The summed E-state index contributed by atoms with van der Waals surface area (Å²) in [4.78, 5) is 24.5. The van der Waals surface area contributed by atoms with Gasteiger partial charge < -0.3 is 14.2 Å². The summed E-state index contributed by atoms with van der Waals surface area (Å²) in [5.74, 6) is 0. The predicted octanol–water partition coefficient (Wildman–Crippen LogP) is 2.16. The third kappa shape index (κ3) is 4.00. The highest BCUT2D eigenvalue weighted by molar-refractivity contribution is 5.76. The van der Waals surface area contributed by atoms with Crippen LogP contribution in [0.4, 0.5) is 9.59 Å². The number of hydrogen-bond acceptors (Lipinski definition) is 5. The fraction of sp³-hybridized carbons (Fsp3) is 0.857. The second-order valence-corrected chi connectivity index (χ2v) is 7.55. The molecule has 0 atom stereocenters. The summed E-state index contributed by atoms with van der Waals surface area (Å²) in [5.41, 5.74) is -1.71. The lowest BCUT2D eigenvalue weighted by Gasteiger charge is -2.31. The third-order valence-electron chi connectivity index (χ3n) is 2.93. The highest BCUT2D eigenvalue weighted by Crippen LogP contribution is 2.36. The molecule has 0 aliphatic carbocycles. The Morgan fingerprint density at radius 3 is 1.48 bits per heavy atom. The van der Waals surface area contributed by atoms with Gasteiger partial charge in [-0.05, 0) is 41.5 Å². The number of epoxide rings is 1. The van der Waals surface area contributed by atoms with Gasteiger partial charge in [0.25, 0.3) is 0 Å². The van der Waals surface area contributed by atoms with Crippen LogP contribution >= 0.6 is 0 Å². The molecule has 0 saturated carbocycles. The van der Waals surface area contributed by atoms with E-state index < -0.39 is 29.0 Å². The maximum Gasteiger partial charge on any atom is 0.429 e. The van der Waals surface area contributed by atoms with Gasteiger partial charge in [-0.1, -0.05) is 0 Å². The van der Waals surface area contributed by atoms with E-state index in [2.05, 4.69) is 0 Å². The first-order valence-electron chi connectivity index (χ1n) is 7.06. The average Bonchev–Trinajstić information content (AvgIpc) is 2.84. The van der Waals surface area contributed by atoms with E-state index in [1.807, 2.05) is 0 Å². The molecule has 7 heteroatoms. The van der Waals surface area contributed by atoms with E-state index >= 15 is 0 Å². The van der Waals surface area contributed by atoms with Gasteiger partial charge in [-0.2, -0.15) is 0 Å². The van der Waals surface area contributed by atoms with Crippen LogP contribution in [0.2, 0.25) is 0 Å². The second-order valence-electron chi connectivity index (χ2n) is 7.55. The summed E-state index contributed by atoms with van der Waals surface area (Å²) >= 11 is 0. The van der Waals surface area contributed by atoms with E-state index in [0.29, 0.717) is 19.7 Å². The van der Waals surface area contributed by atoms with Gasteiger partial charge >= 0.3 is 12.2 Å². The molecule has 2 fully saturated rings. The second kappa shape index (κ2) is 4.76. The summed E-state index contributed by atoms with van der Waals surface area (Å²) < 4.78 is 16.0. The van der Waals surface area contributed by atoms with Crippen molar-refractivity contribution in [1.82, 2.24) is 10.0 Å². The van der Waals surface area contributed by atoms with Gasteiger partial charge in [-0.15, -0.1) is 0 Å². The maximum atomic E-state index is 12.3. The largest absolute Gasteiger partial charge is 0.442 e. The zero-order chi connectivity index (χ0) is 16.1. The van der Waals surface area contributed by atoms with Crippen LogP contribution in [-0.4, -0.2) is 58.7 Å². The van der Waals surface area contributed by atoms with Crippen molar-refractivity contribution in [3.8, 4) is 0 Å². The molecular weight excluding hydrogens is 276 g/mol. The Hall–Kier alpha value is -1.50. The van der Waals surface area contributed by atoms with E-state index in [9.17, 15) is 9.59 Å². The molecule has 0 bridgehead atoms. The van der Waals surface area contributed by atoms with E-state index in [1.54, 1.807) is 41.5 Å². The molecule has 0 radical (unpaired) electrons. The van der Waals surface area contributed by atoms with Gasteiger partial charge in [0.1, 0.15) is 16.8 Å². The van der Waals surface area contributed by atoms with Crippen molar-refractivity contribution >= 4 is 12.2 Å². The van der Waals surface area contributed by atoms with Crippen molar-refractivity contribution in [2.75, 3.05) is 19.7 Å². The number of rotatable bonds is 0. The molecule has 2 aliphatic heterocycles. The highest BCUT2D eigenvalue weighted by atomic mass is 16.6. The zero-order valence-electron chi connectivity index (χ0n) is 13.6. The third-order valence-corrected chi connectivity index (χ3v) is 2.93. The quantitative estimate of drug-likeness (QED) is 0.641. The SMILES string of the molecule is CC(C)(C)OC(=O)N1CC2(CO2)CN1C(=O)OC(C)(C)C. The van der Waals surface area contributed by atoms with Crippen LogP contribution in [0.3, 0.4) is 0 Å². The molecule has 0 aromatic carbocycles. The highest BCUT2D eigenvalue weighted by Gasteiger charge is 2.58. The molecule has 2 heterocycles. The molecule has 21 heavy (non-hydrogen) atoms. The number of nitrogens with zero attached hydrogens (tertiary/aromatic N) is 2. The van der Waals surface area contributed by atoms with E-state index in [0.717, 1.165) is 0 Å². The molecular formula is C14H24N2O5. The minimum absolute atomic E-state index is 0.307. The Labute approximate surface area is 125 Å². The van der Waals surface area contributed by atoms with Gasteiger partial charge in [0, 0.05) is 0 Å². The topological polar surface area (TPSA) is 71.6 Å². The molecule has 1 spiro atoms. The number of carbonyl (C=O) groups is 2.